The van der Waals surface area contributed by atoms with Crippen LogP contribution in [0.25, 0.3) is 0 Å². The Morgan fingerprint density at radius 2 is 2.33 bits per heavy atom. The van der Waals surface area contributed by atoms with Gasteiger partial charge in [-0.15, -0.1) is 0 Å². The molecule has 1 aromatic rings. The van der Waals surface area contributed by atoms with Crippen molar-refractivity contribution in [3.8, 4) is 0 Å². The fourth-order valence-corrected chi connectivity index (χ4v) is 2.20. The van der Waals surface area contributed by atoms with Crippen LogP contribution in [0, 0.1) is 10.1 Å². The van der Waals surface area contributed by atoms with Crippen LogP contribution in [-0.2, 0) is 6.54 Å². The Bertz CT molecular complexity index is 476. The van der Waals surface area contributed by atoms with Crippen molar-refractivity contribution in [2.24, 2.45) is 4.99 Å². The van der Waals surface area contributed by atoms with Crippen molar-refractivity contribution in [1.29, 1.82) is 0 Å². The van der Waals surface area contributed by atoms with E-state index in [0.717, 1.165) is 18.5 Å². The van der Waals surface area contributed by atoms with Crippen molar-refractivity contribution >= 4 is 17.4 Å². The van der Waals surface area contributed by atoms with Crippen molar-refractivity contribution < 1.29 is 4.92 Å². The van der Waals surface area contributed by atoms with E-state index in [4.69, 9.17) is 11.6 Å². The lowest BCUT2D eigenvalue weighted by atomic mass is 10.2. The molecule has 2 rings (SSSR count). The van der Waals surface area contributed by atoms with Crippen LogP contribution >= 0.6 is 11.6 Å². The number of benzene rings is 1. The molecule has 1 aliphatic rings. The summed E-state index contributed by atoms with van der Waals surface area (Å²) in [5.41, 5.74) is 1.04. The SMILES string of the molecule is O=[N+]([O-])CC1=NCCCN1Cc1cccc(Cl)c1. The second-order valence-corrected chi connectivity index (χ2v) is 4.63. The number of hydrogen-bond acceptors (Lipinski definition) is 4. The summed E-state index contributed by atoms with van der Waals surface area (Å²) in [5, 5.41) is 11.3. The Kier molecular flexibility index (Phi) is 4.15. The van der Waals surface area contributed by atoms with Crippen molar-refractivity contribution in [3.63, 3.8) is 0 Å². The summed E-state index contributed by atoms with van der Waals surface area (Å²) in [4.78, 5) is 16.5. The minimum Gasteiger partial charge on any atom is -0.350 e. The number of amidine groups is 1. The Morgan fingerprint density at radius 1 is 1.50 bits per heavy atom. The van der Waals surface area contributed by atoms with Crippen LogP contribution in [0.4, 0.5) is 0 Å². The lowest BCUT2D eigenvalue weighted by Gasteiger charge is -2.27. The fraction of sp³-hybridized carbons (Fsp3) is 0.417. The molecular formula is C12H14ClN3O2. The Hall–Kier alpha value is -1.62. The summed E-state index contributed by atoms with van der Waals surface area (Å²) in [6, 6.07) is 7.53. The quantitative estimate of drug-likeness (QED) is 0.621. The van der Waals surface area contributed by atoms with Gasteiger partial charge in [0.05, 0.1) is 0 Å². The van der Waals surface area contributed by atoms with Crippen LogP contribution in [0.15, 0.2) is 29.3 Å². The average molecular weight is 268 g/mol. The van der Waals surface area contributed by atoms with Gasteiger partial charge in [-0.05, 0) is 24.1 Å². The predicted octanol–water partition coefficient (Wildman–Crippen LogP) is 2.22. The lowest BCUT2D eigenvalue weighted by molar-refractivity contribution is -0.464. The first-order valence-corrected chi connectivity index (χ1v) is 6.17. The highest BCUT2D eigenvalue weighted by Gasteiger charge is 2.19. The molecule has 5 nitrogen and oxygen atoms in total. The van der Waals surface area contributed by atoms with E-state index in [1.54, 1.807) is 0 Å². The molecule has 0 aliphatic carbocycles. The average Bonchev–Trinajstić information content (AvgIpc) is 2.31. The maximum Gasteiger partial charge on any atom is 0.260 e. The van der Waals surface area contributed by atoms with Crippen LogP contribution in [0.5, 0.6) is 0 Å². The Morgan fingerprint density at radius 3 is 3.06 bits per heavy atom. The maximum atomic E-state index is 10.6. The summed E-state index contributed by atoms with van der Waals surface area (Å²) in [7, 11) is 0. The molecule has 96 valence electrons. The van der Waals surface area contributed by atoms with E-state index in [9.17, 15) is 10.1 Å². The molecule has 0 amide bonds. The molecule has 1 aliphatic heterocycles. The highest BCUT2D eigenvalue weighted by Crippen LogP contribution is 2.14. The molecule has 0 unspecified atom stereocenters. The van der Waals surface area contributed by atoms with Gasteiger partial charge in [0.15, 0.2) is 5.84 Å². The molecule has 0 saturated carbocycles. The van der Waals surface area contributed by atoms with E-state index < -0.39 is 0 Å². The minimum atomic E-state index is -0.338. The smallest absolute Gasteiger partial charge is 0.260 e. The van der Waals surface area contributed by atoms with Gasteiger partial charge in [-0.3, -0.25) is 15.1 Å². The first kappa shape index (κ1) is 12.8. The molecule has 18 heavy (non-hydrogen) atoms. The Labute approximate surface area is 110 Å². The minimum absolute atomic E-state index is 0.208. The van der Waals surface area contributed by atoms with Crippen LogP contribution in [0.2, 0.25) is 5.02 Å². The van der Waals surface area contributed by atoms with Gasteiger partial charge in [-0.2, -0.15) is 0 Å². The van der Waals surface area contributed by atoms with Gasteiger partial charge < -0.3 is 4.90 Å². The molecule has 1 heterocycles. The van der Waals surface area contributed by atoms with Crippen molar-refractivity contribution in [1.82, 2.24) is 4.90 Å². The topological polar surface area (TPSA) is 58.7 Å². The summed E-state index contributed by atoms with van der Waals surface area (Å²) < 4.78 is 0. The number of halogens is 1. The highest BCUT2D eigenvalue weighted by molar-refractivity contribution is 6.30. The van der Waals surface area contributed by atoms with Gasteiger partial charge in [-0.25, -0.2) is 0 Å². The van der Waals surface area contributed by atoms with Crippen LogP contribution in [0.1, 0.15) is 12.0 Å². The largest absolute Gasteiger partial charge is 0.350 e. The van der Waals surface area contributed by atoms with Gasteiger partial charge in [0.2, 0.25) is 0 Å². The molecule has 1 aromatic carbocycles. The Balaban J connectivity index is 2.09. The molecule has 6 heteroatoms. The third-order valence-electron chi connectivity index (χ3n) is 2.78. The predicted molar refractivity (Wildman–Crippen MR) is 70.6 cm³/mol. The second kappa shape index (κ2) is 5.82. The third-order valence-corrected chi connectivity index (χ3v) is 3.01. The van der Waals surface area contributed by atoms with Crippen molar-refractivity contribution in [2.75, 3.05) is 19.6 Å². The highest BCUT2D eigenvalue weighted by atomic mass is 35.5. The molecule has 0 atom stereocenters. The molecule has 0 bridgehead atoms. The van der Waals surface area contributed by atoms with E-state index in [-0.39, 0.29) is 11.5 Å². The van der Waals surface area contributed by atoms with Gasteiger partial charge in [-0.1, -0.05) is 23.7 Å². The van der Waals surface area contributed by atoms with Crippen molar-refractivity contribution in [2.45, 2.75) is 13.0 Å². The van der Waals surface area contributed by atoms with Crippen LogP contribution in [0.3, 0.4) is 0 Å². The van der Waals surface area contributed by atoms with E-state index in [0.29, 0.717) is 23.9 Å². The molecule has 0 aromatic heterocycles. The molecule has 0 spiro atoms. The summed E-state index contributed by atoms with van der Waals surface area (Å²) in [5.74, 6) is 0.561. The number of rotatable bonds is 4. The zero-order valence-electron chi connectivity index (χ0n) is 9.88. The third kappa shape index (κ3) is 3.43. The van der Waals surface area contributed by atoms with Gasteiger partial charge in [0, 0.05) is 29.6 Å². The number of aliphatic imine (C=N–C) groups is 1. The van der Waals surface area contributed by atoms with Crippen LogP contribution in [-0.4, -0.2) is 35.3 Å². The first-order chi connectivity index (χ1) is 8.65. The van der Waals surface area contributed by atoms with Gasteiger partial charge in [0.1, 0.15) is 0 Å². The lowest BCUT2D eigenvalue weighted by Crippen LogP contribution is -2.39. The molecule has 0 radical (unpaired) electrons. The maximum absolute atomic E-state index is 10.6. The molecular weight excluding hydrogens is 254 g/mol. The van der Waals surface area contributed by atoms with Gasteiger partial charge in [0.25, 0.3) is 6.54 Å². The first-order valence-electron chi connectivity index (χ1n) is 5.79. The fourth-order valence-electron chi connectivity index (χ4n) is 1.99. The van der Waals surface area contributed by atoms with E-state index in [1.165, 1.54) is 0 Å². The van der Waals surface area contributed by atoms with E-state index >= 15 is 0 Å². The van der Waals surface area contributed by atoms with Gasteiger partial charge >= 0.3 is 0 Å². The second-order valence-electron chi connectivity index (χ2n) is 4.19. The van der Waals surface area contributed by atoms with E-state index in [1.807, 2.05) is 29.2 Å². The normalized spacial score (nSPS) is 15.4. The van der Waals surface area contributed by atoms with E-state index in [2.05, 4.69) is 4.99 Å². The number of nitrogens with zero attached hydrogens (tertiary/aromatic N) is 3. The zero-order chi connectivity index (χ0) is 13.0. The summed E-state index contributed by atoms with van der Waals surface area (Å²) in [6.45, 7) is 1.89. The number of nitro groups is 1. The summed E-state index contributed by atoms with van der Waals surface area (Å²) in [6.07, 6.45) is 0.932. The summed E-state index contributed by atoms with van der Waals surface area (Å²) >= 11 is 5.93. The molecule has 0 fully saturated rings. The van der Waals surface area contributed by atoms with Crippen LogP contribution < -0.4 is 0 Å². The monoisotopic (exact) mass is 267 g/mol. The molecule has 0 N–H and O–H groups in total. The molecule has 0 saturated heterocycles. The van der Waals surface area contributed by atoms with Crippen molar-refractivity contribution in [3.05, 3.63) is 45.0 Å². The standard InChI is InChI=1S/C12H14ClN3O2/c13-11-4-1-3-10(7-11)8-15-6-2-5-14-12(15)9-16(17)18/h1,3-4,7H,2,5-6,8-9H2. The number of hydrogen-bond donors (Lipinski definition) is 0. The zero-order valence-corrected chi connectivity index (χ0v) is 10.6.